The molecular weight excluding hydrogens is 262 g/mol. The third-order valence-corrected chi connectivity index (χ3v) is 3.88. The van der Waals surface area contributed by atoms with Gasteiger partial charge in [0.25, 0.3) is 0 Å². The predicted octanol–water partition coefficient (Wildman–Crippen LogP) is 3.36. The van der Waals surface area contributed by atoms with Crippen molar-refractivity contribution in [2.45, 2.75) is 6.04 Å². The van der Waals surface area contributed by atoms with Gasteiger partial charge in [-0.05, 0) is 24.3 Å². The molecule has 1 aromatic heterocycles. The highest BCUT2D eigenvalue weighted by molar-refractivity contribution is 6.00. The number of benzene rings is 2. The first kappa shape index (κ1) is 12.0. The number of hydrogen-bond acceptors (Lipinski definition) is 4. The van der Waals surface area contributed by atoms with Gasteiger partial charge < -0.3 is 15.8 Å². The van der Waals surface area contributed by atoms with Crippen molar-refractivity contribution >= 4 is 22.1 Å². The van der Waals surface area contributed by atoms with Gasteiger partial charge in [0.2, 0.25) is 0 Å². The van der Waals surface area contributed by atoms with Gasteiger partial charge in [-0.2, -0.15) is 0 Å². The van der Waals surface area contributed by atoms with Crippen molar-refractivity contribution in [2.24, 2.45) is 0 Å². The average molecular weight is 277 g/mol. The zero-order chi connectivity index (χ0) is 14.2. The van der Waals surface area contributed by atoms with Crippen LogP contribution < -0.4 is 15.8 Å². The molecule has 1 aliphatic heterocycles. The van der Waals surface area contributed by atoms with E-state index in [0.29, 0.717) is 6.61 Å². The van der Waals surface area contributed by atoms with Crippen molar-refractivity contribution in [2.75, 3.05) is 17.7 Å². The molecule has 0 amide bonds. The molecule has 0 spiro atoms. The number of nitrogens with one attached hydrogen (secondary N) is 1. The number of ether oxygens (including phenoxy) is 1. The third-order valence-electron chi connectivity index (χ3n) is 3.88. The van der Waals surface area contributed by atoms with Gasteiger partial charge in [0.15, 0.2) is 0 Å². The lowest BCUT2D eigenvalue weighted by Gasteiger charge is -2.16. The lowest BCUT2D eigenvalue weighted by molar-refractivity contribution is 0.340. The second-order valence-electron chi connectivity index (χ2n) is 5.17. The summed E-state index contributed by atoms with van der Waals surface area (Å²) < 4.78 is 5.72. The number of pyridine rings is 1. The molecule has 3 aromatic rings. The fourth-order valence-electron chi connectivity index (χ4n) is 2.81. The highest BCUT2D eigenvalue weighted by Crippen LogP contribution is 2.36. The number of rotatable bonds is 2. The van der Waals surface area contributed by atoms with E-state index in [4.69, 9.17) is 10.5 Å². The Hall–Kier alpha value is -2.75. The molecule has 4 heteroatoms. The molecule has 0 radical (unpaired) electrons. The van der Waals surface area contributed by atoms with E-state index in [1.54, 1.807) is 12.4 Å². The predicted molar refractivity (Wildman–Crippen MR) is 84.5 cm³/mol. The Morgan fingerprint density at radius 1 is 1.10 bits per heavy atom. The molecule has 0 fully saturated rings. The Labute approximate surface area is 122 Å². The van der Waals surface area contributed by atoms with E-state index >= 15 is 0 Å². The van der Waals surface area contributed by atoms with Crippen LogP contribution in [0.1, 0.15) is 11.6 Å². The summed E-state index contributed by atoms with van der Waals surface area (Å²) in [5.74, 6) is 0.955. The minimum atomic E-state index is 0.154. The molecule has 1 unspecified atom stereocenters. The van der Waals surface area contributed by atoms with E-state index in [2.05, 4.69) is 16.4 Å². The first-order chi connectivity index (χ1) is 10.3. The first-order valence-corrected chi connectivity index (χ1v) is 6.93. The summed E-state index contributed by atoms with van der Waals surface area (Å²) in [7, 11) is 0. The second kappa shape index (κ2) is 4.66. The molecule has 2 aromatic carbocycles. The van der Waals surface area contributed by atoms with Crippen molar-refractivity contribution in [1.82, 2.24) is 4.98 Å². The van der Waals surface area contributed by atoms with Gasteiger partial charge in [-0.25, -0.2) is 0 Å². The summed E-state index contributed by atoms with van der Waals surface area (Å²) in [5.41, 5.74) is 9.00. The standard InChI is InChI=1S/C17H15N3O/c18-14-5-6-15(11-7-8-19-9-13(11)14)20-16-10-21-17-4-2-1-3-12(16)17/h1-9,16,20H,10,18H2. The van der Waals surface area contributed by atoms with Gasteiger partial charge in [0.1, 0.15) is 12.4 Å². The number of anilines is 2. The van der Waals surface area contributed by atoms with Crippen molar-refractivity contribution < 1.29 is 4.74 Å². The zero-order valence-electron chi connectivity index (χ0n) is 11.4. The molecule has 4 rings (SSSR count). The molecule has 0 aliphatic carbocycles. The number of nitrogens with two attached hydrogens (primary N) is 1. The van der Waals surface area contributed by atoms with Crippen LogP contribution >= 0.6 is 0 Å². The van der Waals surface area contributed by atoms with Crippen molar-refractivity contribution in [3.63, 3.8) is 0 Å². The molecule has 3 N–H and O–H groups in total. The zero-order valence-corrected chi connectivity index (χ0v) is 11.4. The van der Waals surface area contributed by atoms with Crippen LogP contribution in [0.2, 0.25) is 0 Å². The van der Waals surface area contributed by atoms with Crippen molar-refractivity contribution in [1.29, 1.82) is 0 Å². The number of fused-ring (bicyclic) bond motifs is 2. The normalized spacial score (nSPS) is 16.5. The van der Waals surface area contributed by atoms with Crippen LogP contribution in [0.3, 0.4) is 0 Å². The maximum atomic E-state index is 6.02. The monoisotopic (exact) mass is 277 g/mol. The minimum absolute atomic E-state index is 0.154. The van der Waals surface area contributed by atoms with E-state index in [1.165, 1.54) is 5.56 Å². The Morgan fingerprint density at radius 2 is 2.00 bits per heavy atom. The first-order valence-electron chi connectivity index (χ1n) is 6.93. The van der Waals surface area contributed by atoms with E-state index in [9.17, 15) is 0 Å². The second-order valence-corrected chi connectivity index (χ2v) is 5.17. The Morgan fingerprint density at radius 3 is 2.95 bits per heavy atom. The molecular formula is C17H15N3O. The Kier molecular flexibility index (Phi) is 2.67. The van der Waals surface area contributed by atoms with Gasteiger partial charge in [0.05, 0.1) is 6.04 Å². The number of para-hydroxylation sites is 1. The van der Waals surface area contributed by atoms with Gasteiger partial charge >= 0.3 is 0 Å². The molecule has 21 heavy (non-hydrogen) atoms. The minimum Gasteiger partial charge on any atom is -0.491 e. The lowest BCUT2D eigenvalue weighted by atomic mass is 10.1. The third kappa shape index (κ3) is 1.96. The Balaban J connectivity index is 1.75. The largest absolute Gasteiger partial charge is 0.491 e. The molecule has 0 saturated heterocycles. The number of aromatic nitrogens is 1. The van der Waals surface area contributed by atoms with E-state index < -0.39 is 0 Å². The van der Waals surface area contributed by atoms with Crippen LogP contribution in [-0.2, 0) is 0 Å². The fraction of sp³-hybridized carbons (Fsp3) is 0.118. The summed E-state index contributed by atoms with van der Waals surface area (Å²) in [6.45, 7) is 0.635. The fourth-order valence-corrected chi connectivity index (χ4v) is 2.81. The highest BCUT2D eigenvalue weighted by atomic mass is 16.5. The molecule has 4 nitrogen and oxygen atoms in total. The molecule has 2 heterocycles. The van der Waals surface area contributed by atoms with Crippen LogP contribution in [0.15, 0.2) is 54.9 Å². The maximum Gasteiger partial charge on any atom is 0.124 e. The smallest absolute Gasteiger partial charge is 0.124 e. The van der Waals surface area contributed by atoms with Crippen molar-refractivity contribution in [3.05, 3.63) is 60.4 Å². The van der Waals surface area contributed by atoms with Gasteiger partial charge in [-0.15, -0.1) is 0 Å². The molecule has 0 saturated carbocycles. The van der Waals surface area contributed by atoms with Crippen LogP contribution in [0, 0.1) is 0 Å². The Bertz CT molecular complexity index is 816. The number of nitrogen functional groups attached to an aromatic ring is 1. The number of nitrogens with zero attached hydrogens (tertiary/aromatic N) is 1. The topological polar surface area (TPSA) is 60.2 Å². The maximum absolute atomic E-state index is 6.02. The van der Waals surface area contributed by atoms with Gasteiger partial charge in [-0.3, -0.25) is 4.98 Å². The summed E-state index contributed by atoms with van der Waals surface area (Å²) in [6.07, 6.45) is 3.58. The molecule has 1 atom stereocenters. The molecule has 1 aliphatic rings. The van der Waals surface area contributed by atoms with E-state index in [0.717, 1.165) is 27.9 Å². The summed E-state index contributed by atoms with van der Waals surface area (Å²) in [6, 6.07) is 14.2. The lowest BCUT2D eigenvalue weighted by Crippen LogP contribution is -2.12. The van der Waals surface area contributed by atoms with Crippen LogP contribution in [0.5, 0.6) is 5.75 Å². The molecule has 0 bridgehead atoms. The molecule has 104 valence electrons. The van der Waals surface area contributed by atoms with Gasteiger partial charge in [0, 0.05) is 40.1 Å². The SMILES string of the molecule is Nc1ccc(NC2COc3ccccc32)c2ccncc12. The highest BCUT2D eigenvalue weighted by Gasteiger charge is 2.23. The quantitative estimate of drug-likeness (QED) is 0.705. The van der Waals surface area contributed by atoms with Gasteiger partial charge in [-0.1, -0.05) is 18.2 Å². The van der Waals surface area contributed by atoms with Crippen molar-refractivity contribution in [3.8, 4) is 5.75 Å². The summed E-state index contributed by atoms with van der Waals surface area (Å²) in [4.78, 5) is 4.15. The van der Waals surface area contributed by atoms with E-state index in [-0.39, 0.29) is 6.04 Å². The number of hydrogen-bond donors (Lipinski definition) is 2. The van der Waals surface area contributed by atoms with Crippen LogP contribution in [-0.4, -0.2) is 11.6 Å². The van der Waals surface area contributed by atoms with Crippen LogP contribution in [0.25, 0.3) is 10.8 Å². The average Bonchev–Trinajstić information content (AvgIpc) is 2.94. The van der Waals surface area contributed by atoms with E-state index in [1.807, 2.05) is 36.4 Å². The summed E-state index contributed by atoms with van der Waals surface area (Å²) in [5, 5.41) is 5.60. The summed E-state index contributed by atoms with van der Waals surface area (Å²) >= 11 is 0. The van der Waals surface area contributed by atoms with Crippen LogP contribution in [0.4, 0.5) is 11.4 Å².